The van der Waals surface area contributed by atoms with Gasteiger partial charge in [-0.05, 0) is 53.3 Å². The molecule has 0 bridgehead atoms. The molecule has 0 atom stereocenters. The molecule has 0 radical (unpaired) electrons. The van der Waals surface area contributed by atoms with E-state index in [9.17, 15) is 20.2 Å². The third-order valence-electron chi connectivity index (χ3n) is 5.32. The topological polar surface area (TPSA) is 89.5 Å². The van der Waals surface area contributed by atoms with Crippen LogP contribution in [-0.2, 0) is 0 Å². The first kappa shape index (κ1) is 23.7. The highest BCUT2D eigenvalue weighted by molar-refractivity contribution is 5.74. The number of anilines is 1. The average Bonchev–Trinajstić information content (AvgIpc) is 2.83. The molecule has 0 saturated heterocycles. The molecule has 0 aliphatic rings. The highest BCUT2D eigenvalue weighted by Crippen LogP contribution is 2.28. The minimum atomic E-state index is -0.748. The first-order valence-corrected chi connectivity index (χ1v) is 11.0. The van der Waals surface area contributed by atoms with Gasteiger partial charge in [-0.1, -0.05) is 62.4 Å². The van der Waals surface area contributed by atoms with E-state index in [4.69, 9.17) is 0 Å². The first-order valence-electron chi connectivity index (χ1n) is 11.0. The minimum Gasteiger partial charge on any atom is -0.372 e. The lowest BCUT2D eigenvalue weighted by Gasteiger charge is -2.24. The number of benzene rings is 3. The summed E-state index contributed by atoms with van der Waals surface area (Å²) in [5, 5.41) is 22.1. The van der Waals surface area contributed by atoms with Gasteiger partial charge in [0.15, 0.2) is 0 Å². The van der Waals surface area contributed by atoms with Gasteiger partial charge in [-0.15, -0.1) is 0 Å². The molecular weight excluding hydrogens is 418 g/mol. The van der Waals surface area contributed by atoms with Crippen LogP contribution in [0.1, 0.15) is 37.8 Å². The molecule has 0 spiro atoms. The molecule has 0 aromatic heterocycles. The Labute approximate surface area is 193 Å². The molecule has 3 rings (SSSR count). The Bertz CT molecular complexity index is 1130. The Balaban J connectivity index is 1.74. The van der Waals surface area contributed by atoms with Gasteiger partial charge < -0.3 is 4.90 Å². The summed E-state index contributed by atoms with van der Waals surface area (Å²) in [6.45, 7) is 6.48. The van der Waals surface area contributed by atoms with Crippen LogP contribution in [-0.4, -0.2) is 22.9 Å². The van der Waals surface area contributed by atoms with E-state index in [1.807, 2.05) is 30.3 Å². The molecule has 170 valence electrons. The smallest absolute Gasteiger partial charge is 0.346 e. The molecule has 0 aliphatic carbocycles. The third-order valence-corrected chi connectivity index (χ3v) is 5.32. The summed E-state index contributed by atoms with van der Waals surface area (Å²) in [5.74, 6) is 0. The first-order chi connectivity index (χ1) is 15.9. The Kier molecular flexibility index (Phi) is 7.91. The lowest BCUT2D eigenvalue weighted by atomic mass is 10.0. The average molecular weight is 446 g/mol. The highest BCUT2D eigenvalue weighted by atomic mass is 16.6. The highest BCUT2D eigenvalue weighted by Gasteiger charge is 2.23. The van der Waals surface area contributed by atoms with Crippen molar-refractivity contribution in [2.45, 2.75) is 26.7 Å². The van der Waals surface area contributed by atoms with Gasteiger partial charge in [0.1, 0.15) is 0 Å². The molecule has 0 amide bonds. The molecule has 3 aromatic rings. The second kappa shape index (κ2) is 11.0. The molecule has 33 heavy (non-hydrogen) atoms. The number of nitrogens with zero attached hydrogens (tertiary/aromatic N) is 3. The Morgan fingerprint density at radius 1 is 0.697 bits per heavy atom. The normalized spacial score (nSPS) is 11.0. The molecule has 3 aromatic carbocycles. The quantitative estimate of drug-likeness (QED) is 0.191. The van der Waals surface area contributed by atoms with Gasteiger partial charge in [-0.25, -0.2) is 0 Å². The fraction of sp³-hybridized carbons (Fsp3) is 0.231. The van der Waals surface area contributed by atoms with E-state index in [0.717, 1.165) is 48.7 Å². The van der Waals surface area contributed by atoms with Crippen LogP contribution in [0.4, 0.5) is 17.1 Å². The maximum Gasteiger partial charge on any atom is 0.346 e. The van der Waals surface area contributed by atoms with Gasteiger partial charge >= 0.3 is 11.4 Å². The van der Waals surface area contributed by atoms with Gasteiger partial charge in [0, 0.05) is 30.9 Å². The van der Waals surface area contributed by atoms with Gasteiger partial charge in [0.05, 0.1) is 9.85 Å². The second-order valence-electron chi connectivity index (χ2n) is 7.75. The molecule has 7 nitrogen and oxygen atoms in total. The van der Waals surface area contributed by atoms with Crippen molar-refractivity contribution >= 4 is 29.2 Å². The van der Waals surface area contributed by atoms with Crippen LogP contribution in [0.2, 0.25) is 0 Å². The van der Waals surface area contributed by atoms with E-state index in [1.54, 1.807) is 6.08 Å². The van der Waals surface area contributed by atoms with Crippen LogP contribution in [0.25, 0.3) is 23.3 Å². The molecule has 0 aliphatic heterocycles. The Morgan fingerprint density at radius 2 is 1.18 bits per heavy atom. The van der Waals surface area contributed by atoms with Gasteiger partial charge in [0.25, 0.3) is 0 Å². The number of nitro groups is 2. The van der Waals surface area contributed by atoms with Crippen molar-refractivity contribution in [3.63, 3.8) is 0 Å². The zero-order valence-electron chi connectivity index (χ0n) is 18.8. The zero-order chi connectivity index (χ0) is 23.8. The van der Waals surface area contributed by atoms with Crippen LogP contribution < -0.4 is 4.90 Å². The Morgan fingerprint density at radius 3 is 1.70 bits per heavy atom. The van der Waals surface area contributed by atoms with Gasteiger partial charge in [0.2, 0.25) is 0 Å². The Hall–Kier alpha value is -4.00. The van der Waals surface area contributed by atoms with Crippen LogP contribution in [0.3, 0.4) is 0 Å². The maximum atomic E-state index is 11.1. The summed E-state index contributed by atoms with van der Waals surface area (Å²) in [5.41, 5.74) is 3.89. The van der Waals surface area contributed by atoms with Crippen molar-refractivity contribution in [2.75, 3.05) is 18.0 Å². The minimum absolute atomic E-state index is 0.514. The summed E-state index contributed by atoms with van der Waals surface area (Å²) < 4.78 is 0. The molecule has 0 saturated carbocycles. The molecule has 0 unspecified atom stereocenters. The SMILES string of the molecule is CCCN(CCC)c1ccc(-c2ccc(C=Cc3ccc([N+](=O)[O-])c([N+](=O)[O-])c3)cc2)cc1. The molecule has 7 heteroatoms. The van der Waals surface area contributed by atoms with Crippen molar-refractivity contribution in [3.8, 4) is 11.1 Å². The second-order valence-corrected chi connectivity index (χ2v) is 7.75. The monoisotopic (exact) mass is 445 g/mol. The van der Waals surface area contributed by atoms with Crippen LogP contribution >= 0.6 is 0 Å². The number of nitro benzene ring substituents is 2. The summed E-state index contributed by atoms with van der Waals surface area (Å²) in [6.07, 6.45) is 5.76. The number of hydrogen-bond acceptors (Lipinski definition) is 5. The lowest BCUT2D eigenvalue weighted by Crippen LogP contribution is -2.24. The fourth-order valence-electron chi connectivity index (χ4n) is 3.70. The van der Waals surface area contributed by atoms with E-state index < -0.39 is 21.2 Å². The fourth-order valence-corrected chi connectivity index (χ4v) is 3.70. The summed E-state index contributed by atoms with van der Waals surface area (Å²) >= 11 is 0. The van der Waals surface area contributed by atoms with Crippen molar-refractivity contribution < 1.29 is 9.85 Å². The standard InChI is InChI=1S/C26H27N3O4/c1-3-17-27(18-4-2)24-14-12-23(13-15-24)22-10-7-20(8-11-22)5-6-21-9-16-25(28(30)31)26(19-21)29(32)33/h5-16,19H,3-4,17-18H2,1-2H3. The maximum absolute atomic E-state index is 11.1. The summed E-state index contributed by atoms with van der Waals surface area (Å²) in [6, 6.07) is 20.5. The van der Waals surface area contributed by atoms with Crippen LogP contribution in [0, 0.1) is 20.2 Å². The summed E-state index contributed by atoms with van der Waals surface area (Å²) in [4.78, 5) is 23.0. The number of hydrogen-bond donors (Lipinski definition) is 0. The molecular formula is C26H27N3O4. The van der Waals surface area contributed by atoms with Crippen molar-refractivity contribution in [1.29, 1.82) is 0 Å². The summed E-state index contributed by atoms with van der Waals surface area (Å²) in [7, 11) is 0. The van der Waals surface area contributed by atoms with Crippen molar-refractivity contribution in [2.24, 2.45) is 0 Å². The van der Waals surface area contributed by atoms with Crippen LogP contribution in [0.5, 0.6) is 0 Å². The number of rotatable bonds is 10. The van der Waals surface area contributed by atoms with E-state index in [-0.39, 0.29) is 0 Å². The third kappa shape index (κ3) is 6.04. The molecule has 0 fully saturated rings. The van der Waals surface area contributed by atoms with Crippen molar-refractivity contribution in [1.82, 2.24) is 0 Å². The van der Waals surface area contributed by atoms with E-state index >= 15 is 0 Å². The van der Waals surface area contributed by atoms with E-state index in [0.29, 0.717) is 5.56 Å². The van der Waals surface area contributed by atoms with Gasteiger partial charge in [-0.2, -0.15) is 0 Å². The predicted octanol–water partition coefficient (Wildman–Crippen LogP) is 6.97. The molecule has 0 heterocycles. The van der Waals surface area contributed by atoms with E-state index in [1.165, 1.54) is 17.8 Å². The van der Waals surface area contributed by atoms with Crippen LogP contribution in [0.15, 0.2) is 66.7 Å². The van der Waals surface area contributed by atoms with E-state index in [2.05, 4.69) is 43.0 Å². The zero-order valence-corrected chi connectivity index (χ0v) is 18.8. The molecule has 0 N–H and O–H groups in total. The lowest BCUT2D eigenvalue weighted by molar-refractivity contribution is -0.422. The largest absolute Gasteiger partial charge is 0.372 e. The van der Waals surface area contributed by atoms with Crippen molar-refractivity contribution in [3.05, 3.63) is 98.1 Å². The predicted molar refractivity (Wildman–Crippen MR) is 133 cm³/mol. The van der Waals surface area contributed by atoms with Gasteiger partial charge in [-0.3, -0.25) is 20.2 Å².